The molecule has 26 heavy (non-hydrogen) atoms. The maximum Gasteiger partial charge on any atom is 0.433 e. The highest BCUT2D eigenvalue weighted by Gasteiger charge is 2.32. The third-order valence-electron chi connectivity index (χ3n) is 3.44. The van der Waals surface area contributed by atoms with Crippen LogP contribution < -0.4 is 11.5 Å². The summed E-state index contributed by atoms with van der Waals surface area (Å²) in [6.07, 6.45) is -0.737. The molecule has 3 rings (SSSR count). The molecule has 0 bridgehead atoms. The van der Waals surface area contributed by atoms with Crippen LogP contribution in [0.4, 0.5) is 19.0 Å². The van der Waals surface area contributed by atoms with Crippen LogP contribution in [0.25, 0.3) is 22.5 Å². The maximum absolute atomic E-state index is 12.6. The minimum Gasteiger partial charge on any atom is -0.382 e. The molecule has 3 aromatic heterocycles. The largest absolute Gasteiger partial charge is 0.433 e. The summed E-state index contributed by atoms with van der Waals surface area (Å²) in [7, 11) is 0. The van der Waals surface area contributed by atoms with Crippen molar-refractivity contribution >= 4 is 11.7 Å². The summed E-state index contributed by atoms with van der Waals surface area (Å²) in [5.41, 5.74) is 11.4. The second-order valence-electron chi connectivity index (χ2n) is 5.22. The summed E-state index contributed by atoms with van der Waals surface area (Å²) in [6, 6.07) is 5.05. The Morgan fingerprint density at radius 1 is 0.923 bits per heavy atom. The van der Waals surface area contributed by atoms with Gasteiger partial charge in [-0.1, -0.05) is 0 Å². The van der Waals surface area contributed by atoms with Crippen LogP contribution in [-0.4, -0.2) is 25.8 Å². The quantitative estimate of drug-likeness (QED) is 0.739. The topological polar surface area (TPSA) is 121 Å². The number of amides is 1. The number of carbonyl (C=O) groups is 1. The number of alkyl halides is 3. The van der Waals surface area contributed by atoms with Gasteiger partial charge in [-0.05, 0) is 24.3 Å². The van der Waals surface area contributed by atoms with Gasteiger partial charge < -0.3 is 11.5 Å². The van der Waals surface area contributed by atoms with Crippen LogP contribution in [0, 0.1) is 0 Å². The highest BCUT2D eigenvalue weighted by molar-refractivity contribution is 5.91. The molecule has 4 N–H and O–H groups in total. The van der Waals surface area contributed by atoms with Gasteiger partial charge >= 0.3 is 6.18 Å². The second kappa shape index (κ2) is 6.39. The fraction of sp³-hybridized carbons (Fsp3) is 0.0625. The van der Waals surface area contributed by atoms with E-state index in [0.29, 0.717) is 11.3 Å². The van der Waals surface area contributed by atoms with Gasteiger partial charge in [-0.25, -0.2) is 9.97 Å². The molecule has 0 saturated heterocycles. The van der Waals surface area contributed by atoms with Crippen LogP contribution in [-0.2, 0) is 6.18 Å². The Morgan fingerprint density at radius 3 is 2.15 bits per heavy atom. The number of primary amides is 1. The summed E-state index contributed by atoms with van der Waals surface area (Å²) < 4.78 is 37.9. The van der Waals surface area contributed by atoms with Crippen LogP contribution in [0.2, 0.25) is 0 Å². The lowest BCUT2D eigenvalue weighted by atomic mass is 10.1. The Morgan fingerprint density at radius 2 is 1.62 bits per heavy atom. The zero-order chi connectivity index (χ0) is 18.9. The highest BCUT2D eigenvalue weighted by atomic mass is 19.4. The molecule has 0 aliphatic heterocycles. The van der Waals surface area contributed by atoms with E-state index in [0.717, 1.165) is 12.3 Å². The molecule has 0 atom stereocenters. The van der Waals surface area contributed by atoms with Crippen LogP contribution in [0.15, 0.2) is 42.9 Å². The van der Waals surface area contributed by atoms with Crippen LogP contribution >= 0.6 is 0 Å². The van der Waals surface area contributed by atoms with E-state index in [1.54, 1.807) is 6.07 Å². The van der Waals surface area contributed by atoms with Gasteiger partial charge in [0, 0.05) is 23.5 Å². The van der Waals surface area contributed by atoms with Crippen molar-refractivity contribution in [3.63, 3.8) is 0 Å². The van der Waals surface area contributed by atoms with Crippen molar-refractivity contribution in [2.75, 3.05) is 5.73 Å². The fourth-order valence-corrected chi connectivity index (χ4v) is 2.14. The number of anilines is 1. The van der Waals surface area contributed by atoms with E-state index >= 15 is 0 Å². The van der Waals surface area contributed by atoms with Gasteiger partial charge in [0.15, 0.2) is 0 Å². The zero-order valence-electron chi connectivity index (χ0n) is 13.0. The number of nitrogens with zero attached hydrogens (tertiary/aromatic N) is 4. The number of carbonyl (C=O) groups excluding carboxylic acids is 1. The second-order valence-corrected chi connectivity index (χ2v) is 5.22. The third-order valence-corrected chi connectivity index (χ3v) is 3.44. The number of hydrogen-bond donors (Lipinski definition) is 2. The molecule has 0 aromatic carbocycles. The molecular weight excluding hydrogens is 349 g/mol. The van der Waals surface area contributed by atoms with E-state index in [1.807, 2.05) is 0 Å². The first-order valence-corrected chi connectivity index (χ1v) is 7.18. The molecule has 0 spiro atoms. The van der Waals surface area contributed by atoms with E-state index in [9.17, 15) is 18.0 Å². The minimum absolute atomic E-state index is 0.0389. The number of halogens is 3. The van der Waals surface area contributed by atoms with Gasteiger partial charge in [0.1, 0.15) is 22.9 Å². The summed E-state index contributed by atoms with van der Waals surface area (Å²) in [5.74, 6) is -0.631. The Kier molecular flexibility index (Phi) is 4.24. The molecule has 0 unspecified atom stereocenters. The summed E-state index contributed by atoms with van der Waals surface area (Å²) in [5, 5.41) is 0. The van der Waals surface area contributed by atoms with Gasteiger partial charge in [0.05, 0.1) is 11.9 Å². The normalized spacial score (nSPS) is 11.3. The van der Waals surface area contributed by atoms with Gasteiger partial charge in [-0.3, -0.25) is 14.8 Å². The van der Waals surface area contributed by atoms with Gasteiger partial charge in [0.25, 0.3) is 5.91 Å². The number of hydrogen-bond acceptors (Lipinski definition) is 6. The zero-order valence-corrected chi connectivity index (χ0v) is 13.0. The Hall–Kier alpha value is -3.56. The predicted molar refractivity (Wildman–Crippen MR) is 86.4 cm³/mol. The molecule has 132 valence electrons. The van der Waals surface area contributed by atoms with Crippen molar-refractivity contribution in [3.05, 3.63) is 54.2 Å². The first kappa shape index (κ1) is 17.3. The lowest BCUT2D eigenvalue weighted by Gasteiger charge is -2.09. The average Bonchev–Trinajstić information content (AvgIpc) is 2.61. The third kappa shape index (κ3) is 3.43. The van der Waals surface area contributed by atoms with E-state index in [4.69, 9.17) is 11.5 Å². The molecule has 10 heteroatoms. The fourth-order valence-electron chi connectivity index (χ4n) is 2.14. The number of nitrogens with two attached hydrogens (primary N) is 2. The molecule has 0 aliphatic carbocycles. The van der Waals surface area contributed by atoms with Crippen molar-refractivity contribution in [3.8, 4) is 22.5 Å². The highest BCUT2D eigenvalue weighted by Crippen LogP contribution is 2.30. The van der Waals surface area contributed by atoms with E-state index in [-0.39, 0.29) is 22.8 Å². The molecular formula is C16H11F3N6O. The average molecular weight is 360 g/mol. The molecule has 1 amide bonds. The smallest absolute Gasteiger partial charge is 0.382 e. The summed E-state index contributed by atoms with van der Waals surface area (Å²) in [6.45, 7) is 0. The van der Waals surface area contributed by atoms with Crippen molar-refractivity contribution in [1.29, 1.82) is 0 Å². The van der Waals surface area contributed by atoms with Crippen molar-refractivity contribution in [2.24, 2.45) is 5.73 Å². The summed E-state index contributed by atoms with van der Waals surface area (Å²) >= 11 is 0. The van der Waals surface area contributed by atoms with Crippen molar-refractivity contribution in [1.82, 2.24) is 19.9 Å². The SMILES string of the molecule is NC(=O)c1ccc(-c2cnc(N)c(-c3ccc(C(F)(F)F)nc3)n2)cn1. The van der Waals surface area contributed by atoms with Crippen LogP contribution in [0.1, 0.15) is 16.2 Å². The monoisotopic (exact) mass is 360 g/mol. The van der Waals surface area contributed by atoms with Crippen molar-refractivity contribution in [2.45, 2.75) is 6.18 Å². The first-order valence-electron chi connectivity index (χ1n) is 7.18. The molecule has 7 nitrogen and oxygen atoms in total. The van der Waals surface area contributed by atoms with Crippen LogP contribution in [0.3, 0.4) is 0 Å². The molecule has 0 fully saturated rings. The van der Waals surface area contributed by atoms with E-state index in [2.05, 4.69) is 19.9 Å². The number of pyridine rings is 2. The predicted octanol–water partition coefficient (Wildman–Crippen LogP) is 2.30. The number of aromatic nitrogens is 4. The van der Waals surface area contributed by atoms with Crippen LogP contribution in [0.5, 0.6) is 0 Å². The van der Waals surface area contributed by atoms with Gasteiger partial charge in [-0.2, -0.15) is 13.2 Å². The number of nitrogen functional groups attached to an aromatic ring is 1. The first-order chi connectivity index (χ1) is 12.3. The van der Waals surface area contributed by atoms with Crippen molar-refractivity contribution < 1.29 is 18.0 Å². The van der Waals surface area contributed by atoms with Gasteiger partial charge in [0.2, 0.25) is 0 Å². The Balaban J connectivity index is 1.99. The van der Waals surface area contributed by atoms with E-state index in [1.165, 1.54) is 24.5 Å². The molecule has 3 heterocycles. The lowest BCUT2D eigenvalue weighted by molar-refractivity contribution is -0.141. The molecule has 0 radical (unpaired) electrons. The molecule has 0 saturated carbocycles. The molecule has 3 aromatic rings. The van der Waals surface area contributed by atoms with E-state index < -0.39 is 17.8 Å². The summed E-state index contributed by atoms with van der Waals surface area (Å²) in [4.78, 5) is 26.7. The molecule has 0 aliphatic rings. The number of rotatable bonds is 3. The maximum atomic E-state index is 12.6. The minimum atomic E-state index is -4.54. The standard InChI is InChI=1S/C16H11F3N6O/c17-16(18,19)12-4-2-9(6-23-12)13-14(20)24-7-11(25-13)8-1-3-10(15(21)26)22-5-8/h1-7H,(H2,20,24)(H2,21,26). The lowest BCUT2D eigenvalue weighted by Crippen LogP contribution is -2.12. The Bertz CT molecular complexity index is 955. The Labute approximate surface area is 144 Å². The van der Waals surface area contributed by atoms with Gasteiger partial charge in [-0.15, -0.1) is 0 Å².